The summed E-state index contributed by atoms with van der Waals surface area (Å²) in [5.74, 6) is 0.516. The van der Waals surface area contributed by atoms with Crippen LogP contribution in [0.2, 0.25) is 0 Å². The van der Waals surface area contributed by atoms with E-state index in [4.69, 9.17) is 0 Å². The number of anilines is 2. The highest BCUT2D eigenvalue weighted by Gasteiger charge is 2.30. The van der Waals surface area contributed by atoms with Crippen molar-refractivity contribution in [3.63, 3.8) is 0 Å². The highest BCUT2D eigenvalue weighted by molar-refractivity contribution is 5.85. The predicted molar refractivity (Wildman–Crippen MR) is 139 cm³/mol. The Morgan fingerprint density at radius 3 is 2.59 bits per heavy atom. The first-order valence-electron chi connectivity index (χ1n) is 12.7. The highest BCUT2D eigenvalue weighted by Crippen LogP contribution is 2.31. The summed E-state index contributed by atoms with van der Waals surface area (Å²) in [7, 11) is 0. The molecule has 178 valence electrons. The number of para-hydroxylation sites is 2. The van der Waals surface area contributed by atoms with Crippen LogP contribution in [-0.2, 0) is 11.2 Å². The number of nitrogens with zero attached hydrogens (tertiary/aromatic N) is 1. The summed E-state index contributed by atoms with van der Waals surface area (Å²) in [6.07, 6.45) is 8.53. The van der Waals surface area contributed by atoms with Crippen LogP contribution in [-0.4, -0.2) is 24.0 Å². The molecule has 2 aliphatic rings. The number of hydrogen-bond donors (Lipinski definition) is 3. The van der Waals surface area contributed by atoms with Crippen LogP contribution >= 0.6 is 0 Å². The molecule has 5 nitrogen and oxygen atoms in total. The average molecular weight is 457 g/mol. The van der Waals surface area contributed by atoms with Crippen LogP contribution in [0.1, 0.15) is 63.0 Å². The normalized spacial score (nSPS) is 19.2. The topological polar surface area (TPSA) is 76.9 Å². The summed E-state index contributed by atoms with van der Waals surface area (Å²) in [4.78, 5) is 13.6. The van der Waals surface area contributed by atoms with Gasteiger partial charge in [0.05, 0.1) is 23.3 Å². The maximum absolute atomic E-state index is 13.6. The molecule has 34 heavy (non-hydrogen) atoms. The lowest BCUT2D eigenvalue weighted by Crippen LogP contribution is -2.47. The first-order chi connectivity index (χ1) is 16.6. The van der Waals surface area contributed by atoms with Gasteiger partial charge in [-0.1, -0.05) is 75.9 Å². The van der Waals surface area contributed by atoms with Crippen LogP contribution in [0.3, 0.4) is 0 Å². The molecule has 3 atom stereocenters. The zero-order valence-electron chi connectivity index (χ0n) is 20.1. The van der Waals surface area contributed by atoms with E-state index in [0.29, 0.717) is 11.5 Å². The van der Waals surface area contributed by atoms with E-state index in [-0.39, 0.29) is 24.0 Å². The molecule has 1 saturated carbocycles. The van der Waals surface area contributed by atoms with Crippen LogP contribution in [0.25, 0.3) is 0 Å². The molecule has 1 fully saturated rings. The Bertz CT molecular complexity index is 1030. The first-order valence-corrected chi connectivity index (χ1v) is 12.7. The molecule has 1 amide bonds. The van der Waals surface area contributed by atoms with Crippen molar-refractivity contribution in [3.05, 3.63) is 71.8 Å². The number of hydrogen-bond acceptors (Lipinski definition) is 4. The molecular formula is C29H36N4O. The monoisotopic (exact) mass is 456 g/mol. The molecule has 1 aliphatic heterocycles. The van der Waals surface area contributed by atoms with Gasteiger partial charge >= 0.3 is 0 Å². The van der Waals surface area contributed by atoms with Crippen molar-refractivity contribution in [2.45, 2.75) is 76.4 Å². The fraction of sp³-hybridized carbons (Fsp3) is 0.448. The SMILES string of the molecule is C=C(C1Cc2ccccc2N1)[C@H](CC)NC(=O)[C@H](CC1CCCCC1)Nc1ccccc1C#N. The molecule has 1 aliphatic carbocycles. The second kappa shape index (κ2) is 11.2. The van der Waals surface area contributed by atoms with Gasteiger partial charge in [0, 0.05) is 5.69 Å². The van der Waals surface area contributed by atoms with E-state index in [0.717, 1.165) is 36.2 Å². The summed E-state index contributed by atoms with van der Waals surface area (Å²) >= 11 is 0. The van der Waals surface area contributed by atoms with Gasteiger partial charge < -0.3 is 16.0 Å². The molecule has 1 heterocycles. The van der Waals surface area contributed by atoms with Gasteiger partial charge in [-0.25, -0.2) is 0 Å². The minimum Gasteiger partial charge on any atom is -0.378 e. The van der Waals surface area contributed by atoms with E-state index in [1.807, 2.05) is 24.3 Å². The van der Waals surface area contributed by atoms with Crippen LogP contribution in [0.5, 0.6) is 0 Å². The Labute approximate surface area is 203 Å². The Morgan fingerprint density at radius 2 is 1.85 bits per heavy atom. The molecular weight excluding hydrogens is 420 g/mol. The number of rotatable bonds is 9. The van der Waals surface area contributed by atoms with Gasteiger partial charge in [0.25, 0.3) is 0 Å². The molecule has 5 heteroatoms. The highest BCUT2D eigenvalue weighted by atomic mass is 16.2. The van der Waals surface area contributed by atoms with Crippen molar-refractivity contribution in [2.75, 3.05) is 10.6 Å². The quantitative estimate of drug-likeness (QED) is 0.417. The molecule has 0 spiro atoms. The maximum Gasteiger partial charge on any atom is 0.242 e. The molecule has 3 N–H and O–H groups in total. The standard InChI is InChI=1S/C29H36N4O/c1-3-24(20(2)27-18-22-13-7-9-15-25(22)31-27)33-29(34)28(17-21-11-5-4-6-12-21)32-26-16-10-8-14-23(26)19-30/h7-10,13-16,21,24,27-28,31-32H,2-6,11-12,17-18H2,1H3,(H,33,34)/t24-,27?,28-/m0/s1. The van der Waals surface area contributed by atoms with Crippen LogP contribution in [0.15, 0.2) is 60.7 Å². The first kappa shape index (κ1) is 23.9. The molecule has 0 aromatic heterocycles. The Balaban J connectivity index is 1.46. The minimum atomic E-state index is -0.381. The van der Waals surface area contributed by atoms with Crippen molar-refractivity contribution >= 4 is 17.3 Å². The number of nitrogens with one attached hydrogen (secondary N) is 3. The number of amides is 1. The number of carbonyl (C=O) groups is 1. The van der Waals surface area contributed by atoms with Crippen LogP contribution < -0.4 is 16.0 Å². The third kappa shape index (κ3) is 5.62. The summed E-state index contributed by atoms with van der Waals surface area (Å²) < 4.78 is 0. The van der Waals surface area contributed by atoms with Gasteiger partial charge in [-0.2, -0.15) is 5.26 Å². The smallest absolute Gasteiger partial charge is 0.242 e. The van der Waals surface area contributed by atoms with Crippen LogP contribution in [0, 0.1) is 17.2 Å². The van der Waals surface area contributed by atoms with Gasteiger partial charge in [-0.3, -0.25) is 4.79 Å². The van der Waals surface area contributed by atoms with Gasteiger partial charge in [-0.15, -0.1) is 0 Å². The van der Waals surface area contributed by atoms with Gasteiger partial charge in [0.1, 0.15) is 12.1 Å². The largest absolute Gasteiger partial charge is 0.378 e. The second-order valence-corrected chi connectivity index (χ2v) is 9.70. The molecule has 1 unspecified atom stereocenters. The maximum atomic E-state index is 13.6. The lowest BCUT2D eigenvalue weighted by molar-refractivity contribution is -0.122. The van der Waals surface area contributed by atoms with Crippen molar-refractivity contribution in [1.82, 2.24) is 5.32 Å². The molecule has 2 aromatic carbocycles. The third-order valence-corrected chi connectivity index (χ3v) is 7.38. The molecule has 0 saturated heterocycles. The fourth-order valence-electron chi connectivity index (χ4n) is 5.38. The summed E-state index contributed by atoms with van der Waals surface area (Å²) in [6, 6.07) is 17.6. The number of benzene rings is 2. The van der Waals surface area contributed by atoms with E-state index in [1.165, 1.54) is 37.7 Å². The summed E-state index contributed by atoms with van der Waals surface area (Å²) in [5.41, 5.74) is 4.74. The van der Waals surface area contributed by atoms with Crippen molar-refractivity contribution in [2.24, 2.45) is 5.92 Å². The number of carbonyl (C=O) groups excluding carboxylic acids is 1. The molecule has 0 radical (unpaired) electrons. The fourth-order valence-corrected chi connectivity index (χ4v) is 5.38. The van der Waals surface area contributed by atoms with Crippen molar-refractivity contribution in [1.29, 1.82) is 5.26 Å². The van der Waals surface area contributed by atoms with E-state index in [2.05, 4.69) is 53.7 Å². The van der Waals surface area contributed by atoms with Crippen LogP contribution in [0.4, 0.5) is 11.4 Å². The van der Waals surface area contributed by atoms with Gasteiger partial charge in [0.15, 0.2) is 0 Å². The van der Waals surface area contributed by atoms with Gasteiger partial charge in [-0.05, 0) is 54.5 Å². The molecule has 2 aromatic rings. The zero-order valence-corrected chi connectivity index (χ0v) is 20.1. The third-order valence-electron chi connectivity index (χ3n) is 7.38. The lowest BCUT2D eigenvalue weighted by Gasteiger charge is -2.30. The van der Waals surface area contributed by atoms with Gasteiger partial charge in [0.2, 0.25) is 5.91 Å². The van der Waals surface area contributed by atoms with Crippen molar-refractivity contribution < 1.29 is 4.79 Å². The lowest BCUT2D eigenvalue weighted by atomic mass is 9.84. The zero-order chi connectivity index (χ0) is 23.9. The number of nitriles is 1. The van der Waals surface area contributed by atoms with E-state index in [1.54, 1.807) is 6.07 Å². The van der Waals surface area contributed by atoms with E-state index in [9.17, 15) is 10.1 Å². The molecule has 0 bridgehead atoms. The Kier molecular flexibility index (Phi) is 7.90. The van der Waals surface area contributed by atoms with E-state index < -0.39 is 0 Å². The molecule has 4 rings (SSSR count). The number of fused-ring (bicyclic) bond motifs is 1. The predicted octanol–water partition coefficient (Wildman–Crippen LogP) is 5.80. The summed E-state index contributed by atoms with van der Waals surface area (Å²) in [5, 5.41) is 19.8. The summed E-state index contributed by atoms with van der Waals surface area (Å²) in [6.45, 7) is 6.48. The van der Waals surface area contributed by atoms with E-state index >= 15 is 0 Å². The van der Waals surface area contributed by atoms with Crippen molar-refractivity contribution in [3.8, 4) is 6.07 Å². The Hall–Kier alpha value is -3.26. The minimum absolute atomic E-state index is 0.0122. The second-order valence-electron chi connectivity index (χ2n) is 9.70. The average Bonchev–Trinajstić information content (AvgIpc) is 3.31. The Morgan fingerprint density at radius 1 is 1.12 bits per heavy atom.